The van der Waals surface area contributed by atoms with Gasteiger partial charge in [0.05, 0.1) is 21.7 Å². The van der Waals surface area contributed by atoms with E-state index in [2.05, 4.69) is 20.0 Å². The summed E-state index contributed by atoms with van der Waals surface area (Å²) >= 11 is 0. The lowest BCUT2D eigenvalue weighted by Crippen LogP contribution is -2.18. The summed E-state index contributed by atoms with van der Waals surface area (Å²) in [5, 5.41) is 11.8. The summed E-state index contributed by atoms with van der Waals surface area (Å²) in [6, 6.07) is 11.2. The first-order valence-corrected chi connectivity index (χ1v) is 9.87. The highest BCUT2D eigenvalue weighted by Gasteiger charge is 2.30. The van der Waals surface area contributed by atoms with Gasteiger partial charge in [-0.2, -0.15) is 18.4 Å². The Kier molecular flexibility index (Phi) is 5.73. The maximum absolute atomic E-state index is 12.7. The Morgan fingerprint density at radius 2 is 1.80 bits per heavy atom. The van der Waals surface area contributed by atoms with E-state index in [1.807, 2.05) is 6.07 Å². The monoisotopic (exact) mass is 433 g/mol. The minimum Gasteiger partial charge on any atom is -0.340 e. The van der Waals surface area contributed by atoms with Gasteiger partial charge in [0.1, 0.15) is 11.9 Å². The standard InChI is InChI=1S/C19H14F3N5O2S/c1-24-30(28,29)14-4-6-17(15(8-14)16-5-2-12(9-23)10-25-16)27-18-7-3-13(11-26-18)19(20,21)22/h2-8,10-11,24H,1H3,(H,26,27). The fourth-order valence-corrected chi connectivity index (χ4v) is 3.28. The molecule has 0 aliphatic rings. The fraction of sp³-hybridized carbons (Fsp3) is 0.105. The predicted octanol–water partition coefficient (Wildman–Crippen LogP) is 3.69. The van der Waals surface area contributed by atoms with E-state index in [4.69, 9.17) is 5.26 Å². The normalized spacial score (nSPS) is 11.7. The quantitative estimate of drug-likeness (QED) is 0.636. The van der Waals surface area contributed by atoms with Gasteiger partial charge in [0, 0.05) is 23.6 Å². The zero-order chi connectivity index (χ0) is 21.9. The number of benzene rings is 1. The van der Waals surface area contributed by atoms with Crippen molar-refractivity contribution in [3.05, 3.63) is 66.0 Å². The Morgan fingerprint density at radius 1 is 1.03 bits per heavy atom. The maximum atomic E-state index is 12.7. The van der Waals surface area contributed by atoms with Gasteiger partial charge < -0.3 is 5.32 Å². The number of anilines is 2. The van der Waals surface area contributed by atoms with Crippen molar-refractivity contribution in [2.45, 2.75) is 11.1 Å². The van der Waals surface area contributed by atoms with Crippen LogP contribution in [0.25, 0.3) is 11.3 Å². The summed E-state index contributed by atoms with van der Waals surface area (Å²) < 4.78 is 64.7. The third kappa shape index (κ3) is 4.56. The minimum absolute atomic E-state index is 0.0305. The van der Waals surface area contributed by atoms with Crippen LogP contribution >= 0.6 is 0 Å². The Balaban J connectivity index is 2.05. The van der Waals surface area contributed by atoms with Crippen molar-refractivity contribution < 1.29 is 21.6 Å². The zero-order valence-corrected chi connectivity index (χ0v) is 16.2. The van der Waals surface area contributed by atoms with Gasteiger partial charge in [-0.1, -0.05) is 0 Å². The van der Waals surface area contributed by atoms with Crippen LogP contribution in [0.15, 0.2) is 59.8 Å². The second kappa shape index (κ2) is 8.10. The molecule has 30 heavy (non-hydrogen) atoms. The molecule has 1 aromatic carbocycles. The molecule has 0 aliphatic heterocycles. The van der Waals surface area contributed by atoms with Crippen LogP contribution in [0.1, 0.15) is 11.1 Å². The summed E-state index contributed by atoms with van der Waals surface area (Å²) in [6.45, 7) is 0. The fourth-order valence-electron chi connectivity index (χ4n) is 2.52. The van der Waals surface area contributed by atoms with Gasteiger partial charge in [0.2, 0.25) is 10.0 Å². The molecule has 0 bridgehead atoms. The van der Waals surface area contributed by atoms with Crippen molar-refractivity contribution in [3.63, 3.8) is 0 Å². The predicted molar refractivity (Wildman–Crippen MR) is 103 cm³/mol. The highest BCUT2D eigenvalue weighted by Crippen LogP contribution is 2.33. The van der Waals surface area contributed by atoms with E-state index in [0.29, 0.717) is 28.7 Å². The first-order chi connectivity index (χ1) is 14.1. The first kappa shape index (κ1) is 21.2. The van der Waals surface area contributed by atoms with E-state index in [-0.39, 0.29) is 10.7 Å². The van der Waals surface area contributed by atoms with Crippen LogP contribution in [0.3, 0.4) is 0 Å². The summed E-state index contributed by atoms with van der Waals surface area (Å²) in [5.41, 5.74) is 0.512. The van der Waals surface area contributed by atoms with Gasteiger partial charge in [-0.05, 0) is 49.5 Å². The Hall–Kier alpha value is -3.49. The number of pyridine rings is 2. The molecule has 2 heterocycles. The van der Waals surface area contributed by atoms with Crippen molar-refractivity contribution in [2.75, 3.05) is 12.4 Å². The van der Waals surface area contributed by atoms with Crippen LogP contribution in [0.5, 0.6) is 0 Å². The number of aromatic nitrogens is 2. The number of halogens is 3. The summed E-state index contributed by atoms with van der Waals surface area (Å²) in [5.74, 6) is 0.127. The van der Waals surface area contributed by atoms with E-state index in [9.17, 15) is 21.6 Å². The van der Waals surface area contributed by atoms with Gasteiger partial charge in [0.15, 0.2) is 0 Å². The average molecular weight is 433 g/mol. The number of sulfonamides is 1. The maximum Gasteiger partial charge on any atom is 0.417 e. The second-order valence-corrected chi connectivity index (χ2v) is 7.90. The third-order valence-electron chi connectivity index (χ3n) is 4.09. The highest BCUT2D eigenvalue weighted by molar-refractivity contribution is 7.89. The number of rotatable bonds is 5. The number of hydrogen-bond acceptors (Lipinski definition) is 6. The molecule has 154 valence electrons. The van der Waals surface area contributed by atoms with Crippen molar-refractivity contribution >= 4 is 21.5 Å². The largest absolute Gasteiger partial charge is 0.417 e. The molecule has 7 nitrogen and oxygen atoms in total. The molecule has 2 aromatic heterocycles. The van der Waals surface area contributed by atoms with E-state index < -0.39 is 21.8 Å². The van der Waals surface area contributed by atoms with Crippen LogP contribution in [0.2, 0.25) is 0 Å². The molecule has 3 aromatic rings. The van der Waals surface area contributed by atoms with E-state index in [0.717, 1.165) is 12.1 Å². The molecular formula is C19H14F3N5O2S. The van der Waals surface area contributed by atoms with E-state index in [1.54, 1.807) is 0 Å². The molecule has 0 radical (unpaired) electrons. The molecule has 0 atom stereocenters. The van der Waals surface area contributed by atoms with Crippen molar-refractivity contribution in [2.24, 2.45) is 0 Å². The van der Waals surface area contributed by atoms with Crippen LogP contribution < -0.4 is 10.0 Å². The number of nitrogens with one attached hydrogen (secondary N) is 2. The number of hydrogen-bond donors (Lipinski definition) is 2. The lowest BCUT2D eigenvalue weighted by molar-refractivity contribution is -0.137. The van der Waals surface area contributed by atoms with Crippen LogP contribution in [-0.2, 0) is 16.2 Å². The average Bonchev–Trinajstić information content (AvgIpc) is 2.74. The molecule has 0 saturated heterocycles. The Labute approximate surface area is 170 Å². The topological polar surface area (TPSA) is 108 Å². The van der Waals surface area contributed by atoms with E-state index >= 15 is 0 Å². The lowest BCUT2D eigenvalue weighted by Gasteiger charge is -2.14. The number of alkyl halides is 3. The zero-order valence-electron chi connectivity index (χ0n) is 15.4. The van der Waals surface area contributed by atoms with Gasteiger partial charge in [-0.25, -0.2) is 18.1 Å². The summed E-state index contributed by atoms with van der Waals surface area (Å²) in [7, 11) is -2.48. The molecule has 0 saturated carbocycles. The molecule has 3 rings (SSSR count). The summed E-state index contributed by atoms with van der Waals surface area (Å²) in [4.78, 5) is 7.90. The van der Waals surface area contributed by atoms with Crippen molar-refractivity contribution in [1.82, 2.24) is 14.7 Å². The smallest absolute Gasteiger partial charge is 0.340 e. The Morgan fingerprint density at radius 3 is 2.33 bits per heavy atom. The molecule has 0 amide bonds. The SMILES string of the molecule is CNS(=O)(=O)c1ccc(Nc2ccc(C(F)(F)F)cn2)c(-c2ccc(C#N)cn2)c1. The minimum atomic E-state index is -4.51. The lowest BCUT2D eigenvalue weighted by atomic mass is 10.1. The number of nitrogens with zero attached hydrogens (tertiary/aromatic N) is 3. The third-order valence-corrected chi connectivity index (χ3v) is 5.50. The second-order valence-electron chi connectivity index (χ2n) is 6.01. The molecule has 2 N–H and O–H groups in total. The van der Waals surface area contributed by atoms with Gasteiger partial charge in [0.25, 0.3) is 0 Å². The summed E-state index contributed by atoms with van der Waals surface area (Å²) in [6.07, 6.45) is -2.48. The van der Waals surface area contributed by atoms with Crippen LogP contribution in [0.4, 0.5) is 24.7 Å². The molecule has 0 fully saturated rings. The van der Waals surface area contributed by atoms with E-state index in [1.165, 1.54) is 43.6 Å². The van der Waals surface area contributed by atoms with Gasteiger partial charge in [-0.15, -0.1) is 0 Å². The van der Waals surface area contributed by atoms with Crippen LogP contribution in [0, 0.1) is 11.3 Å². The first-order valence-electron chi connectivity index (χ1n) is 8.38. The molecule has 0 spiro atoms. The van der Waals surface area contributed by atoms with Crippen molar-refractivity contribution in [1.29, 1.82) is 5.26 Å². The highest BCUT2D eigenvalue weighted by atomic mass is 32.2. The molecular weight excluding hydrogens is 419 g/mol. The van der Waals surface area contributed by atoms with Crippen LogP contribution in [-0.4, -0.2) is 25.4 Å². The van der Waals surface area contributed by atoms with Crippen molar-refractivity contribution in [3.8, 4) is 17.3 Å². The number of nitriles is 1. The molecule has 11 heteroatoms. The molecule has 0 aliphatic carbocycles. The Bertz CT molecular complexity index is 1200. The molecule has 0 unspecified atom stereocenters. The van der Waals surface area contributed by atoms with Gasteiger partial charge >= 0.3 is 6.18 Å². The van der Waals surface area contributed by atoms with Gasteiger partial charge in [-0.3, -0.25) is 4.98 Å².